The minimum atomic E-state index is -3.70. The van der Waals surface area contributed by atoms with Crippen LogP contribution in [0.15, 0.2) is 23.1 Å². The van der Waals surface area contributed by atoms with Gasteiger partial charge in [0, 0.05) is 25.2 Å². The Hall–Kier alpha value is -1.51. The molecule has 7 nitrogen and oxygen atoms in total. The molecule has 0 spiro atoms. The Morgan fingerprint density at radius 1 is 1.29 bits per heavy atom. The Bertz CT molecular complexity index is 683. The highest BCUT2D eigenvalue weighted by atomic mass is 32.2. The van der Waals surface area contributed by atoms with Crippen LogP contribution in [0.4, 0.5) is 5.69 Å². The van der Waals surface area contributed by atoms with E-state index in [1.807, 2.05) is 13.8 Å². The number of nitro benzene ring substituents is 1. The topological polar surface area (TPSA) is 92.6 Å². The van der Waals surface area contributed by atoms with Crippen LogP contribution in [0.25, 0.3) is 0 Å². The van der Waals surface area contributed by atoms with Gasteiger partial charge in [-0.25, -0.2) is 8.42 Å². The number of nitrogens with one attached hydrogen (secondary N) is 1. The van der Waals surface area contributed by atoms with Crippen molar-refractivity contribution < 1.29 is 13.3 Å². The van der Waals surface area contributed by atoms with Crippen LogP contribution < -0.4 is 5.32 Å². The standard InChI is InChI=1S/C16H25N3O4S/c1-3-14-5-6-15(19(20)21)11-16(14)24(22,23)18-9-7-13(8-10-18)12-17-4-2/h5-6,11,13,17H,3-4,7-10,12H2,1-2H3. The van der Waals surface area contributed by atoms with Crippen molar-refractivity contribution in [1.82, 2.24) is 9.62 Å². The first-order valence-electron chi connectivity index (χ1n) is 8.38. The molecule has 1 N–H and O–H groups in total. The van der Waals surface area contributed by atoms with E-state index in [1.165, 1.54) is 16.4 Å². The Labute approximate surface area is 143 Å². The minimum Gasteiger partial charge on any atom is -0.317 e. The van der Waals surface area contributed by atoms with Crippen LogP contribution in [0.3, 0.4) is 0 Å². The zero-order valence-electron chi connectivity index (χ0n) is 14.2. The van der Waals surface area contributed by atoms with Crippen LogP contribution in [-0.4, -0.2) is 43.8 Å². The van der Waals surface area contributed by atoms with Gasteiger partial charge in [0.1, 0.15) is 0 Å². The summed E-state index contributed by atoms with van der Waals surface area (Å²) in [6.07, 6.45) is 2.13. The van der Waals surface area contributed by atoms with Gasteiger partial charge in [0.25, 0.3) is 5.69 Å². The molecular formula is C16H25N3O4S. The molecule has 0 radical (unpaired) electrons. The normalized spacial score (nSPS) is 17.1. The molecule has 1 fully saturated rings. The van der Waals surface area contributed by atoms with Gasteiger partial charge in [-0.3, -0.25) is 10.1 Å². The molecule has 0 unspecified atom stereocenters. The first-order chi connectivity index (χ1) is 11.4. The lowest BCUT2D eigenvalue weighted by Crippen LogP contribution is -2.41. The van der Waals surface area contributed by atoms with Gasteiger partial charge in [-0.2, -0.15) is 4.31 Å². The third-order valence-corrected chi connectivity index (χ3v) is 6.50. The first kappa shape index (κ1) is 18.8. The predicted octanol–water partition coefficient (Wildman–Crippen LogP) is 2.17. The summed E-state index contributed by atoms with van der Waals surface area (Å²) in [5.41, 5.74) is 0.433. The van der Waals surface area contributed by atoms with Gasteiger partial charge in [0.2, 0.25) is 10.0 Å². The molecule has 0 atom stereocenters. The smallest absolute Gasteiger partial charge is 0.270 e. The van der Waals surface area contributed by atoms with E-state index < -0.39 is 14.9 Å². The lowest BCUT2D eigenvalue weighted by Gasteiger charge is -2.31. The summed E-state index contributed by atoms with van der Waals surface area (Å²) < 4.78 is 27.4. The number of benzene rings is 1. The molecule has 134 valence electrons. The van der Waals surface area contributed by atoms with Crippen molar-refractivity contribution in [2.24, 2.45) is 5.92 Å². The number of aryl methyl sites for hydroxylation is 1. The van der Waals surface area contributed by atoms with E-state index in [-0.39, 0.29) is 10.6 Å². The zero-order valence-corrected chi connectivity index (χ0v) is 15.0. The highest BCUT2D eigenvalue weighted by molar-refractivity contribution is 7.89. The number of non-ortho nitro benzene ring substituents is 1. The van der Waals surface area contributed by atoms with Crippen LogP contribution in [0.1, 0.15) is 32.3 Å². The number of nitrogens with zero attached hydrogens (tertiary/aromatic N) is 2. The highest BCUT2D eigenvalue weighted by Gasteiger charge is 2.31. The van der Waals surface area contributed by atoms with Crippen molar-refractivity contribution in [2.45, 2.75) is 38.0 Å². The summed E-state index contributed by atoms with van der Waals surface area (Å²) in [6.45, 7) is 6.64. The summed E-state index contributed by atoms with van der Waals surface area (Å²) in [7, 11) is -3.70. The van der Waals surface area contributed by atoms with Crippen molar-refractivity contribution in [3.8, 4) is 0 Å². The largest absolute Gasteiger partial charge is 0.317 e. The minimum absolute atomic E-state index is 0.0735. The van der Waals surface area contributed by atoms with Crippen molar-refractivity contribution in [2.75, 3.05) is 26.2 Å². The van der Waals surface area contributed by atoms with E-state index in [4.69, 9.17) is 0 Å². The van der Waals surface area contributed by atoms with E-state index in [0.717, 1.165) is 25.9 Å². The Morgan fingerprint density at radius 3 is 2.50 bits per heavy atom. The van der Waals surface area contributed by atoms with Crippen LogP contribution in [-0.2, 0) is 16.4 Å². The molecule has 1 saturated heterocycles. The predicted molar refractivity (Wildman–Crippen MR) is 92.5 cm³/mol. The summed E-state index contributed by atoms with van der Waals surface area (Å²) in [4.78, 5) is 10.5. The van der Waals surface area contributed by atoms with Crippen LogP contribution >= 0.6 is 0 Å². The fourth-order valence-corrected chi connectivity index (χ4v) is 4.81. The number of nitro groups is 1. The number of sulfonamides is 1. The molecule has 0 aromatic heterocycles. The summed E-state index contributed by atoms with van der Waals surface area (Å²) in [5, 5.41) is 14.3. The van der Waals surface area contributed by atoms with Crippen LogP contribution in [0.5, 0.6) is 0 Å². The second-order valence-electron chi connectivity index (χ2n) is 6.06. The van der Waals surface area contributed by atoms with Crippen LogP contribution in [0.2, 0.25) is 0 Å². The van der Waals surface area contributed by atoms with Gasteiger partial charge in [0.15, 0.2) is 0 Å². The van der Waals surface area contributed by atoms with E-state index in [9.17, 15) is 18.5 Å². The van der Waals surface area contributed by atoms with Gasteiger partial charge in [0.05, 0.1) is 9.82 Å². The Balaban J connectivity index is 2.22. The third kappa shape index (κ3) is 4.12. The van der Waals surface area contributed by atoms with Gasteiger partial charge >= 0.3 is 0 Å². The molecule has 2 rings (SSSR count). The monoisotopic (exact) mass is 355 g/mol. The summed E-state index contributed by atoms with van der Waals surface area (Å²) in [5.74, 6) is 0.479. The van der Waals surface area contributed by atoms with Crippen molar-refractivity contribution in [3.05, 3.63) is 33.9 Å². The number of piperidine rings is 1. The van der Waals surface area contributed by atoms with Gasteiger partial charge in [-0.05, 0) is 43.8 Å². The Morgan fingerprint density at radius 2 is 1.96 bits per heavy atom. The molecule has 1 heterocycles. The number of hydrogen-bond acceptors (Lipinski definition) is 5. The van der Waals surface area contributed by atoms with Gasteiger partial charge in [-0.1, -0.05) is 19.9 Å². The highest BCUT2D eigenvalue weighted by Crippen LogP contribution is 2.28. The molecule has 1 aromatic carbocycles. The molecule has 0 amide bonds. The molecule has 24 heavy (non-hydrogen) atoms. The molecule has 1 aliphatic heterocycles. The molecular weight excluding hydrogens is 330 g/mol. The third-order valence-electron chi connectivity index (χ3n) is 4.52. The average Bonchev–Trinajstić information content (AvgIpc) is 2.59. The van der Waals surface area contributed by atoms with Gasteiger partial charge < -0.3 is 5.32 Å². The first-order valence-corrected chi connectivity index (χ1v) is 9.82. The maximum atomic E-state index is 13.0. The second-order valence-corrected chi connectivity index (χ2v) is 7.96. The second kappa shape index (κ2) is 8.04. The molecule has 1 aromatic rings. The summed E-state index contributed by atoms with van der Waals surface area (Å²) >= 11 is 0. The molecule has 8 heteroatoms. The molecule has 1 aliphatic rings. The maximum Gasteiger partial charge on any atom is 0.270 e. The van der Waals surface area contributed by atoms with Crippen LogP contribution in [0, 0.1) is 16.0 Å². The SMILES string of the molecule is CCNCC1CCN(S(=O)(=O)c2cc([N+](=O)[O-])ccc2CC)CC1. The fraction of sp³-hybridized carbons (Fsp3) is 0.625. The Kier molecular flexibility index (Phi) is 6.31. The van der Waals surface area contributed by atoms with Crippen molar-refractivity contribution in [3.63, 3.8) is 0 Å². The van der Waals surface area contributed by atoms with E-state index >= 15 is 0 Å². The average molecular weight is 355 g/mol. The fourth-order valence-electron chi connectivity index (χ4n) is 3.03. The number of hydrogen-bond donors (Lipinski definition) is 1. The molecule has 0 aliphatic carbocycles. The zero-order chi connectivity index (χ0) is 17.7. The maximum absolute atomic E-state index is 13.0. The lowest BCUT2D eigenvalue weighted by atomic mass is 9.98. The summed E-state index contributed by atoms with van der Waals surface area (Å²) in [6, 6.07) is 4.10. The van der Waals surface area contributed by atoms with E-state index in [1.54, 1.807) is 6.07 Å². The lowest BCUT2D eigenvalue weighted by molar-refractivity contribution is -0.385. The van der Waals surface area contributed by atoms with Gasteiger partial charge in [-0.15, -0.1) is 0 Å². The van der Waals surface area contributed by atoms with Crippen molar-refractivity contribution in [1.29, 1.82) is 0 Å². The molecule has 0 bridgehead atoms. The molecule has 0 saturated carbocycles. The quantitative estimate of drug-likeness (QED) is 0.598. The van der Waals surface area contributed by atoms with E-state index in [2.05, 4.69) is 5.32 Å². The van der Waals surface area contributed by atoms with E-state index in [0.29, 0.717) is 31.0 Å². The number of rotatable bonds is 7. The van der Waals surface area contributed by atoms with Crippen molar-refractivity contribution >= 4 is 15.7 Å².